The van der Waals surface area contributed by atoms with Crippen LogP contribution >= 0.6 is 15.9 Å². The number of benzene rings is 1. The van der Waals surface area contributed by atoms with Gasteiger partial charge in [-0.1, -0.05) is 6.07 Å². The van der Waals surface area contributed by atoms with Gasteiger partial charge in [-0.15, -0.1) is 0 Å². The zero-order valence-corrected chi connectivity index (χ0v) is 11.7. The van der Waals surface area contributed by atoms with Crippen LogP contribution in [-0.4, -0.2) is 22.6 Å². The summed E-state index contributed by atoms with van der Waals surface area (Å²) in [5.41, 5.74) is 2.58. The molecule has 1 saturated heterocycles. The number of imidazole rings is 1. The van der Waals surface area contributed by atoms with E-state index >= 15 is 0 Å². The van der Waals surface area contributed by atoms with Crippen LogP contribution in [0.15, 0.2) is 41.4 Å². The van der Waals surface area contributed by atoms with E-state index in [1.54, 1.807) is 6.20 Å². The lowest BCUT2D eigenvalue weighted by atomic mass is 9.90. The van der Waals surface area contributed by atoms with Crippen molar-refractivity contribution in [2.75, 3.05) is 13.1 Å². The average molecular weight is 306 g/mol. The summed E-state index contributed by atoms with van der Waals surface area (Å²) in [5.74, 6) is 0.694. The van der Waals surface area contributed by atoms with Gasteiger partial charge in [0, 0.05) is 16.9 Å². The van der Waals surface area contributed by atoms with Crippen LogP contribution < -0.4 is 5.32 Å². The Morgan fingerprint density at radius 2 is 2.11 bits per heavy atom. The van der Waals surface area contributed by atoms with Gasteiger partial charge >= 0.3 is 0 Å². The molecule has 3 nitrogen and oxygen atoms in total. The number of halogens is 1. The maximum atomic E-state index is 4.09. The van der Waals surface area contributed by atoms with Gasteiger partial charge in [-0.2, -0.15) is 0 Å². The lowest BCUT2D eigenvalue weighted by Gasteiger charge is -2.23. The third-order valence-electron chi connectivity index (χ3n) is 3.56. The maximum absolute atomic E-state index is 4.09. The molecule has 1 aliphatic rings. The second-order valence-corrected chi connectivity index (χ2v) is 5.56. The number of hydrogen-bond donors (Lipinski definition) is 1. The fourth-order valence-electron chi connectivity index (χ4n) is 2.54. The molecule has 2 aromatic rings. The zero-order chi connectivity index (χ0) is 12.4. The van der Waals surface area contributed by atoms with Gasteiger partial charge in [0.15, 0.2) is 0 Å². The minimum Gasteiger partial charge on any atom is -0.317 e. The predicted molar refractivity (Wildman–Crippen MR) is 76.1 cm³/mol. The monoisotopic (exact) mass is 305 g/mol. The molecular weight excluding hydrogens is 290 g/mol. The molecule has 4 heteroatoms. The molecule has 0 bridgehead atoms. The lowest BCUT2D eigenvalue weighted by Crippen LogP contribution is -2.26. The molecule has 0 aliphatic carbocycles. The Bertz CT molecular complexity index is 516. The highest BCUT2D eigenvalue weighted by Gasteiger charge is 2.16. The molecule has 1 fully saturated rings. The summed E-state index contributed by atoms with van der Waals surface area (Å²) in [4.78, 5) is 4.09. The summed E-state index contributed by atoms with van der Waals surface area (Å²) in [5, 5.41) is 3.41. The topological polar surface area (TPSA) is 29.9 Å². The highest BCUT2D eigenvalue weighted by atomic mass is 79.9. The van der Waals surface area contributed by atoms with Crippen LogP contribution in [-0.2, 0) is 0 Å². The minimum absolute atomic E-state index is 0.694. The predicted octanol–water partition coefficient (Wildman–Crippen LogP) is 3.10. The highest BCUT2D eigenvalue weighted by Crippen LogP contribution is 2.30. The van der Waals surface area contributed by atoms with Crippen LogP contribution in [0, 0.1) is 0 Å². The molecule has 1 aromatic carbocycles. The molecule has 94 valence electrons. The Labute approximate surface area is 115 Å². The fourth-order valence-corrected chi connectivity index (χ4v) is 3.14. The SMILES string of the molecule is Brc1cc(C2CCNCC2)ccc1-n1ccnc1. The van der Waals surface area contributed by atoms with E-state index in [0.717, 1.165) is 23.2 Å². The van der Waals surface area contributed by atoms with E-state index in [1.807, 2.05) is 17.1 Å². The molecule has 0 saturated carbocycles. The molecule has 0 atom stereocenters. The van der Waals surface area contributed by atoms with Gasteiger partial charge in [0.2, 0.25) is 0 Å². The summed E-state index contributed by atoms with van der Waals surface area (Å²) < 4.78 is 3.16. The molecule has 0 amide bonds. The summed E-state index contributed by atoms with van der Waals surface area (Å²) in [6.07, 6.45) is 8.05. The van der Waals surface area contributed by atoms with Crippen molar-refractivity contribution in [2.45, 2.75) is 18.8 Å². The van der Waals surface area contributed by atoms with Gasteiger partial charge in [0.05, 0.1) is 12.0 Å². The Balaban J connectivity index is 1.89. The van der Waals surface area contributed by atoms with E-state index in [2.05, 4.69) is 44.4 Å². The fraction of sp³-hybridized carbons (Fsp3) is 0.357. The second kappa shape index (κ2) is 5.24. The first-order valence-corrected chi connectivity index (χ1v) is 7.12. The van der Waals surface area contributed by atoms with Gasteiger partial charge in [-0.25, -0.2) is 4.98 Å². The average Bonchev–Trinajstić information content (AvgIpc) is 2.93. The molecule has 1 N–H and O–H groups in total. The highest BCUT2D eigenvalue weighted by molar-refractivity contribution is 9.10. The molecule has 0 spiro atoms. The number of piperidine rings is 1. The molecule has 2 heterocycles. The number of rotatable bonds is 2. The number of aromatic nitrogens is 2. The number of nitrogens with one attached hydrogen (secondary N) is 1. The quantitative estimate of drug-likeness (QED) is 0.924. The van der Waals surface area contributed by atoms with Crippen molar-refractivity contribution in [1.29, 1.82) is 0 Å². The van der Waals surface area contributed by atoms with E-state index in [4.69, 9.17) is 0 Å². The second-order valence-electron chi connectivity index (χ2n) is 4.71. The Hall–Kier alpha value is -1.13. The molecule has 0 unspecified atom stereocenters. The van der Waals surface area contributed by atoms with Gasteiger partial charge in [-0.3, -0.25) is 0 Å². The summed E-state index contributed by atoms with van der Waals surface area (Å²) in [6, 6.07) is 6.67. The Morgan fingerprint density at radius 3 is 2.78 bits per heavy atom. The molecule has 1 aliphatic heterocycles. The largest absolute Gasteiger partial charge is 0.317 e. The van der Waals surface area contributed by atoms with Crippen molar-refractivity contribution in [2.24, 2.45) is 0 Å². The zero-order valence-electron chi connectivity index (χ0n) is 10.1. The number of nitrogens with zero attached hydrogens (tertiary/aromatic N) is 2. The van der Waals surface area contributed by atoms with Crippen molar-refractivity contribution in [3.8, 4) is 5.69 Å². The van der Waals surface area contributed by atoms with E-state index < -0.39 is 0 Å². The Morgan fingerprint density at radius 1 is 1.28 bits per heavy atom. The molecule has 0 radical (unpaired) electrons. The van der Waals surface area contributed by atoms with Gasteiger partial charge < -0.3 is 9.88 Å². The third-order valence-corrected chi connectivity index (χ3v) is 4.20. The van der Waals surface area contributed by atoms with Crippen LogP contribution in [0.3, 0.4) is 0 Å². The summed E-state index contributed by atoms with van der Waals surface area (Å²) in [7, 11) is 0. The van der Waals surface area contributed by atoms with Gasteiger partial charge in [0.25, 0.3) is 0 Å². The van der Waals surface area contributed by atoms with E-state index in [9.17, 15) is 0 Å². The first kappa shape index (κ1) is 11.9. The van der Waals surface area contributed by atoms with Crippen LogP contribution in [0.2, 0.25) is 0 Å². The van der Waals surface area contributed by atoms with E-state index in [0.29, 0.717) is 5.92 Å². The Kier molecular flexibility index (Phi) is 3.48. The normalized spacial score (nSPS) is 16.9. The standard InChI is InChI=1S/C14H16BrN3/c15-13-9-12(11-3-5-16-6-4-11)1-2-14(13)18-8-7-17-10-18/h1-2,7-11,16H,3-6H2. The van der Waals surface area contributed by atoms with Gasteiger partial charge in [0.1, 0.15) is 0 Å². The molecule has 18 heavy (non-hydrogen) atoms. The van der Waals surface area contributed by atoms with E-state index in [1.165, 1.54) is 18.4 Å². The molecular formula is C14H16BrN3. The smallest absolute Gasteiger partial charge is 0.0992 e. The molecule has 1 aromatic heterocycles. The minimum atomic E-state index is 0.694. The van der Waals surface area contributed by atoms with E-state index in [-0.39, 0.29) is 0 Å². The van der Waals surface area contributed by atoms with Crippen LogP contribution in [0.5, 0.6) is 0 Å². The van der Waals surface area contributed by atoms with Crippen molar-refractivity contribution >= 4 is 15.9 Å². The molecule has 3 rings (SSSR count). The summed E-state index contributed by atoms with van der Waals surface area (Å²) in [6.45, 7) is 2.26. The lowest BCUT2D eigenvalue weighted by molar-refractivity contribution is 0.460. The van der Waals surface area contributed by atoms with Crippen LogP contribution in [0.25, 0.3) is 5.69 Å². The van der Waals surface area contributed by atoms with Crippen molar-refractivity contribution in [3.63, 3.8) is 0 Å². The van der Waals surface area contributed by atoms with Crippen molar-refractivity contribution in [3.05, 3.63) is 47.0 Å². The summed E-state index contributed by atoms with van der Waals surface area (Å²) >= 11 is 3.67. The maximum Gasteiger partial charge on any atom is 0.0992 e. The number of hydrogen-bond acceptors (Lipinski definition) is 2. The van der Waals surface area contributed by atoms with Gasteiger partial charge in [-0.05, 0) is 65.5 Å². The van der Waals surface area contributed by atoms with Crippen LogP contribution in [0.4, 0.5) is 0 Å². The van der Waals surface area contributed by atoms with Crippen molar-refractivity contribution < 1.29 is 0 Å². The first-order valence-electron chi connectivity index (χ1n) is 6.33. The first-order chi connectivity index (χ1) is 8.84. The van der Waals surface area contributed by atoms with Crippen LogP contribution in [0.1, 0.15) is 24.3 Å². The van der Waals surface area contributed by atoms with Crippen molar-refractivity contribution in [1.82, 2.24) is 14.9 Å². The third kappa shape index (κ3) is 2.35.